The Bertz CT molecular complexity index is 1260. The highest BCUT2D eigenvalue weighted by atomic mass is 16.4. The second kappa shape index (κ2) is 8.51. The molecular formula is C25H29N4O3+. The Labute approximate surface area is 186 Å². The first-order valence-corrected chi connectivity index (χ1v) is 10.7. The van der Waals surface area contributed by atoms with Crippen molar-refractivity contribution in [2.75, 3.05) is 21.1 Å². The summed E-state index contributed by atoms with van der Waals surface area (Å²) >= 11 is 0. The minimum atomic E-state index is -1.05. The summed E-state index contributed by atoms with van der Waals surface area (Å²) in [5.74, 6) is -1.31. The van der Waals surface area contributed by atoms with Gasteiger partial charge in [-0.25, -0.2) is 4.79 Å². The Morgan fingerprint density at radius 3 is 1.88 bits per heavy atom. The van der Waals surface area contributed by atoms with E-state index >= 15 is 0 Å². The number of benzene rings is 2. The van der Waals surface area contributed by atoms with Crippen LogP contribution < -0.4 is 5.32 Å². The fourth-order valence-electron chi connectivity index (χ4n) is 4.22. The third-order valence-corrected chi connectivity index (χ3v) is 6.04. The zero-order valence-corrected chi connectivity index (χ0v) is 18.6. The van der Waals surface area contributed by atoms with Crippen LogP contribution in [0.1, 0.15) is 11.1 Å². The molecule has 0 aliphatic heterocycles. The van der Waals surface area contributed by atoms with Crippen molar-refractivity contribution in [3.63, 3.8) is 0 Å². The maximum Gasteiger partial charge on any atom is 0.326 e. The van der Waals surface area contributed by atoms with Gasteiger partial charge in [0.25, 0.3) is 5.91 Å². The number of likely N-dealkylation sites (N-methyl/N-ethyl adjacent to an activating group) is 1. The van der Waals surface area contributed by atoms with E-state index in [-0.39, 0.29) is 12.3 Å². The highest BCUT2D eigenvalue weighted by molar-refractivity contribution is 5.89. The molecule has 0 saturated heterocycles. The van der Waals surface area contributed by atoms with Crippen LogP contribution in [0.4, 0.5) is 0 Å². The molecular weight excluding hydrogens is 404 g/mol. The Balaban J connectivity index is 1.56. The van der Waals surface area contributed by atoms with Crippen molar-refractivity contribution in [1.82, 2.24) is 15.3 Å². The lowest BCUT2D eigenvalue weighted by atomic mass is 10.0. The molecule has 4 N–H and O–H groups in total. The van der Waals surface area contributed by atoms with Crippen LogP contribution in [0, 0.1) is 0 Å². The van der Waals surface area contributed by atoms with E-state index in [1.165, 1.54) is 0 Å². The van der Waals surface area contributed by atoms with Gasteiger partial charge in [-0.15, -0.1) is 0 Å². The molecule has 0 aliphatic rings. The number of para-hydroxylation sites is 2. The normalized spacial score (nSPS) is 13.8. The summed E-state index contributed by atoms with van der Waals surface area (Å²) in [7, 11) is 5.86. The SMILES string of the molecule is C[N+](C)(C)[C@@H](Cc1c[nH]c2ccccc12)C(=O)N[C@@H](Cc1c[nH]c2ccccc12)C(=O)O. The lowest BCUT2D eigenvalue weighted by Crippen LogP contribution is -2.57. The fourth-order valence-corrected chi connectivity index (χ4v) is 4.22. The number of quaternary nitrogens is 1. The van der Waals surface area contributed by atoms with E-state index < -0.39 is 18.1 Å². The number of aliphatic carboxylic acids is 1. The van der Waals surface area contributed by atoms with Crippen LogP contribution in [-0.2, 0) is 22.4 Å². The zero-order valence-electron chi connectivity index (χ0n) is 18.6. The number of fused-ring (bicyclic) bond motifs is 2. The molecule has 4 rings (SSSR count). The second-order valence-electron chi connectivity index (χ2n) is 9.16. The van der Waals surface area contributed by atoms with Crippen LogP contribution in [0.2, 0.25) is 0 Å². The second-order valence-corrected chi connectivity index (χ2v) is 9.16. The number of carboxylic acid groups (broad SMARTS) is 1. The monoisotopic (exact) mass is 433 g/mol. The molecule has 2 atom stereocenters. The molecule has 7 heteroatoms. The molecule has 0 saturated carbocycles. The predicted octanol–water partition coefficient (Wildman–Crippen LogP) is 3.08. The van der Waals surface area contributed by atoms with Gasteiger partial charge in [-0.3, -0.25) is 4.79 Å². The van der Waals surface area contributed by atoms with E-state index in [2.05, 4.69) is 15.3 Å². The number of aromatic amines is 2. The summed E-state index contributed by atoms with van der Waals surface area (Å²) < 4.78 is 0.380. The minimum absolute atomic E-state index is 0.210. The molecule has 1 amide bonds. The van der Waals surface area contributed by atoms with Crippen LogP contribution >= 0.6 is 0 Å². The van der Waals surface area contributed by atoms with Gasteiger partial charge in [0.1, 0.15) is 6.04 Å². The van der Waals surface area contributed by atoms with Crippen molar-refractivity contribution in [1.29, 1.82) is 0 Å². The van der Waals surface area contributed by atoms with Gasteiger partial charge in [-0.05, 0) is 23.3 Å². The van der Waals surface area contributed by atoms with Crippen LogP contribution in [0.25, 0.3) is 21.8 Å². The average Bonchev–Trinajstić information content (AvgIpc) is 3.35. The lowest BCUT2D eigenvalue weighted by molar-refractivity contribution is -0.886. The van der Waals surface area contributed by atoms with Crippen molar-refractivity contribution in [3.8, 4) is 0 Å². The molecule has 0 spiro atoms. The molecule has 0 bridgehead atoms. The topological polar surface area (TPSA) is 98.0 Å². The van der Waals surface area contributed by atoms with Gasteiger partial charge in [-0.2, -0.15) is 0 Å². The predicted molar refractivity (Wildman–Crippen MR) is 125 cm³/mol. The molecule has 0 aliphatic carbocycles. The number of hydrogen-bond acceptors (Lipinski definition) is 2. The molecule has 0 unspecified atom stereocenters. The van der Waals surface area contributed by atoms with Gasteiger partial charge in [0.2, 0.25) is 0 Å². The third-order valence-electron chi connectivity index (χ3n) is 6.04. The van der Waals surface area contributed by atoms with Crippen molar-refractivity contribution in [2.24, 2.45) is 0 Å². The standard InChI is InChI=1S/C25H28N4O3/c1-29(2,3)23(13-17-15-27-21-11-7-5-9-19(17)21)24(30)28-22(25(31)32)12-16-14-26-20-10-6-4-8-18(16)20/h4-11,14-15,22-23,26-27H,12-13H2,1-3H3,(H-,28,30,31,32)/p+1/t22-,23-/m0/s1. The average molecular weight is 434 g/mol. The number of carbonyl (C=O) groups excluding carboxylic acids is 1. The summed E-state index contributed by atoms with van der Waals surface area (Å²) in [5.41, 5.74) is 3.87. The van der Waals surface area contributed by atoms with E-state index in [1.807, 2.05) is 82.1 Å². The van der Waals surface area contributed by atoms with Crippen LogP contribution in [0.3, 0.4) is 0 Å². The zero-order chi connectivity index (χ0) is 22.9. The molecule has 2 aromatic heterocycles. The Kier molecular flexibility index (Phi) is 5.76. The first kappa shape index (κ1) is 21.6. The highest BCUT2D eigenvalue weighted by Crippen LogP contribution is 2.22. The fraction of sp³-hybridized carbons (Fsp3) is 0.280. The maximum atomic E-state index is 13.4. The van der Waals surface area contributed by atoms with Gasteiger partial charge < -0.3 is 24.9 Å². The summed E-state index contributed by atoms with van der Waals surface area (Å²) in [4.78, 5) is 31.8. The number of nitrogens with one attached hydrogen (secondary N) is 3. The van der Waals surface area contributed by atoms with Crippen molar-refractivity contribution in [2.45, 2.75) is 24.9 Å². The maximum absolute atomic E-state index is 13.4. The number of amides is 1. The first-order valence-electron chi connectivity index (χ1n) is 10.7. The molecule has 7 nitrogen and oxygen atoms in total. The molecule has 4 aromatic rings. The van der Waals surface area contributed by atoms with E-state index in [0.717, 1.165) is 32.9 Å². The number of hydrogen-bond donors (Lipinski definition) is 4. The van der Waals surface area contributed by atoms with Gasteiger partial charge in [-0.1, -0.05) is 36.4 Å². The molecule has 0 fully saturated rings. The Hall–Kier alpha value is -3.58. The number of aromatic nitrogens is 2. The van der Waals surface area contributed by atoms with E-state index in [1.54, 1.807) is 0 Å². The molecule has 0 radical (unpaired) electrons. The van der Waals surface area contributed by atoms with E-state index in [0.29, 0.717) is 10.9 Å². The van der Waals surface area contributed by atoms with Crippen molar-refractivity contribution < 1.29 is 19.2 Å². The molecule has 32 heavy (non-hydrogen) atoms. The van der Waals surface area contributed by atoms with Crippen LogP contribution in [0.5, 0.6) is 0 Å². The molecule has 2 aromatic carbocycles. The third kappa shape index (κ3) is 4.38. The minimum Gasteiger partial charge on any atom is -0.480 e. The Morgan fingerprint density at radius 1 is 0.875 bits per heavy atom. The molecule has 166 valence electrons. The Morgan fingerprint density at radius 2 is 1.38 bits per heavy atom. The largest absolute Gasteiger partial charge is 0.480 e. The van der Waals surface area contributed by atoms with Gasteiger partial charge >= 0.3 is 5.97 Å². The lowest BCUT2D eigenvalue weighted by Gasteiger charge is -2.33. The number of rotatable bonds is 8. The summed E-state index contributed by atoms with van der Waals surface area (Å²) in [5, 5.41) is 14.7. The quantitative estimate of drug-likeness (QED) is 0.322. The number of carbonyl (C=O) groups is 2. The van der Waals surface area contributed by atoms with Crippen LogP contribution in [0.15, 0.2) is 60.9 Å². The smallest absolute Gasteiger partial charge is 0.326 e. The molecule has 2 heterocycles. The van der Waals surface area contributed by atoms with Gasteiger partial charge in [0.05, 0.1) is 21.1 Å². The van der Waals surface area contributed by atoms with E-state index in [9.17, 15) is 14.7 Å². The van der Waals surface area contributed by atoms with Crippen LogP contribution in [-0.4, -0.2) is 64.7 Å². The number of H-pyrrole nitrogens is 2. The summed E-state index contributed by atoms with van der Waals surface area (Å²) in [6.07, 6.45) is 4.46. The van der Waals surface area contributed by atoms with Gasteiger partial charge in [0.15, 0.2) is 6.04 Å². The summed E-state index contributed by atoms with van der Waals surface area (Å²) in [6.45, 7) is 0. The summed E-state index contributed by atoms with van der Waals surface area (Å²) in [6, 6.07) is 14.3. The van der Waals surface area contributed by atoms with Crippen molar-refractivity contribution in [3.05, 3.63) is 72.1 Å². The highest BCUT2D eigenvalue weighted by Gasteiger charge is 2.35. The van der Waals surface area contributed by atoms with E-state index in [4.69, 9.17) is 0 Å². The number of carboxylic acids is 1. The number of nitrogens with zero attached hydrogens (tertiary/aromatic N) is 1. The van der Waals surface area contributed by atoms with Gasteiger partial charge in [0, 0.05) is 47.0 Å². The van der Waals surface area contributed by atoms with Crippen molar-refractivity contribution >= 4 is 33.7 Å². The first-order chi connectivity index (χ1) is 15.2.